The van der Waals surface area contributed by atoms with E-state index in [9.17, 15) is 9.59 Å². The molecule has 1 heterocycles. The van der Waals surface area contributed by atoms with Crippen LogP contribution in [0.3, 0.4) is 0 Å². The number of carbonyl (C=O) groups excluding carboxylic acids is 2. The molecule has 0 saturated carbocycles. The summed E-state index contributed by atoms with van der Waals surface area (Å²) in [5.74, 6) is -0.880. The summed E-state index contributed by atoms with van der Waals surface area (Å²) >= 11 is 6.57. The van der Waals surface area contributed by atoms with E-state index in [1.807, 2.05) is 0 Å². The second kappa shape index (κ2) is 7.56. The van der Waals surface area contributed by atoms with Crippen molar-refractivity contribution in [3.63, 3.8) is 0 Å². The van der Waals surface area contributed by atoms with Gasteiger partial charge in [-0.05, 0) is 59.3 Å². The van der Waals surface area contributed by atoms with Crippen molar-refractivity contribution in [3.05, 3.63) is 62.2 Å². The highest BCUT2D eigenvalue weighted by Crippen LogP contribution is 2.32. The monoisotopic (exact) mass is 481 g/mol. The fourth-order valence-electron chi connectivity index (χ4n) is 2.41. The first-order chi connectivity index (χ1) is 12.4. The molecule has 134 valence electrons. The van der Waals surface area contributed by atoms with Gasteiger partial charge in [0.25, 0.3) is 5.90 Å². The van der Waals surface area contributed by atoms with Crippen LogP contribution in [0.5, 0.6) is 0 Å². The highest BCUT2D eigenvalue weighted by molar-refractivity contribution is 9.12. The van der Waals surface area contributed by atoms with E-state index < -0.39 is 5.97 Å². The molecule has 0 aromatic heterocycles. The van der Waals surface area contributed by atoms with Gasteiger partial charge in [-0.3, -0.25) is 10.2 Å². The van der Waals surface area contributed by atoms with E-state index in [0.717, 1.165) is 0 Å². The van der Waals surface area contributed by atoms with E-state index in [-0.39, 0.29) is 23.0 Å². The molecule has 1 saturated heterocycles. The van der Waals surface area contributed by atoms with E-state index >= 15 is 0 Å². The van der Waals surface area contributed by atoms with Crippen molar-refractivity contribution in [1.29, 1.82) is 5.41 Å². The van der Waals surface area contributed by atoms with Gasteiger partial charge in [0.1, 0.15) is 5.70 Å². The van der Waals surface area contributed by atoms with Crippen LogP contribution in [0.25, 0.3) is 0 Å². The van der Waals surface area contributed by atoms with Gasteiger partial charge in [0.05, 0.1) is 27.9 Å². The summed E-state index contributed by atoms with van der Waals surface area (Å²) in [5, 5.41) is 9.48. The average molecular weight is 483 g/mol. The van der Waals surface area contributed by atoms with E-state index in [0.29, 0.717) is 26.8 Å². The van der Waals surface area contributed by atoms with Gasteiger partial charge in [-0.1, -0.05) is 21.5 Å². The van der Waals surface area contributed by atoms with Gasteiger partial charge in [0.15, 0.2) is 0 Å². The number of nitrogens with zero attached hydrogens (tertiary/aromatic N) is 1. The summed E-state index contributed by atoms with van der Waals surface area (Å²) in [6.07, 6.45) is 3.25. The molecule has 26 heavy (non-hydrogen) atoms. The zero-order valence-corrected chi connectivity index (χ0v) is 16.7. The third-order valence-corrected chi connectivity index (χ3v) is 4.62. The molecular formula is C17H13Br2N3O4. The van der Waals surface area contributed by atoms with Crippen LogP contribution in [0, 0.1) is 5.41 Å². The van der Waals surface area contributed by atoms with Crippen molar-refractivity contribution in [3.8, 4) is 0 Å². The predicted octanol–water partition coefficient (Wildman–Crippen LogP) is 3.49. The second-order valence-electron chi connectivity index (χ2n) is 5.24. The number of nitrogens with one attached hydrogen (secondary N) is 2. The summed E-state index contributed by atoms with van der Waals surface area (Å²) in [5.41, 5.74) is 4.14. The number of hydrogen-bond donors (Lipinski definition) is 2. The Morgan fingerprint density at radius 3 is 2.62 bits per heavy atom. The van der Waals surface area contributed by atoms with E-state index in [2.05, 4.69) is 37.4 Å². The fourth-order valence-corrected chi connectivity index (χ4v) is 3.63. The largest absolute Gasteiger partial charge is 0.462 e. The summed E-state index contributed by atoms with van der Waals surface area (Å²) in [6.45, 7) is 2.03. The molecule has 1 aromatic rings. The van der Waals surface area contributed by atoms with Gasteiger partial charge in [-0.25, -0.2) is 9.80 Å². The minimum Gasteiger partial charge on any atom is -0.462 e. The van der Waals surface area contributed by atoms with Gasteiger partial charge in [0, 0.05) is 4.48 Å². The lowest BCUT2D eigenvalue weighted by Gasteiger charge is -2.19. The number of allylic oxidation sites excluding steroid dienone is 5. The number of Topliss-reactive ketones (excluding diaryl/α,β-unsaturated/α-hetero) is 1. The molecule has 7 nitrogen and oxygen atoms in total. The normalized spacial score (nSPS) is 19.9. The molecule has 1 fully saturated rings. The van der Waals surface area contributed by atoms with Crippen molar-refractivity contribution < 1.29 is 19.2 Å². The lowest BCUT2D eigenvalue weighted by molar-refractivity contribution is -0.111. The Hall–Kier alpha value is -2.23. The smallest absolute Gasteiger partial charge is 0.338 e. The van der Waals surface area contributed by atoms with E-state index in [4.69, 9.17) is 15.0 Å². The predicted molar refractivity (Wildman–Crippen MR) is 103 cm³/mol. The second-order valence-corrected chi connectivity index (χ2v) is 7.01. The fraction of sp³-hybridized carbons (Fsp3) is 0.118. The van der Waals surface area contributed by atoms with Gasteiger partial charge in [-0.15, -0.1) is 0 Å². The van der Waals surface area contributed by atoms with Crippen molar-refractivity contribution in [2.75, 3.05) is 11.6 Å². The van der Waals surface area contributed by atoms with Crippen molar-refractivity contribution in [1.82, 2.24) is 5.59 Å². The lowest BCUT2D eigenvalue weighted by Crippen LogP contribution is -2.30. The molecule has 0 bridgehead atoms. The first kappa shape index (κ1) is 18.6. The van der Waals surface area contributed by atoms with Crippen molar-refractivity contribution >= 4 is 55.2 Å². The Morgan fingerprint density at radius 2 is 1.96 bits per heavy atom. The van der Waals surface area contributed by atoms with Crippen LogP contribution < -0.4 is 10.6 Å². The van der Waals surface area contributed by atoms with Crippen LogP contribution in [-0.4, -0.2) is 24.3 Å². The summed E-state index contributed by atoms with van der Waals surface area (Å²) < 4.78 is 6.01. The maximum Gasteiger partial charge on any atom is 0.338 e. The van der Waals surface area contributed by atoms with Crippen molar-refractivity contribution in [2.24, 2.45) is 0 Å². The number of carbonyl (C=O) groups is 2. The van der Waals surface area contributed by atoms with Crippen LogP contribution in [-0.2, 0) is 14.4 Å². The van der Waals surface area contributed by atoms with E-state index in [1.165, 1.54) is 5.01 Å². The van der Waals surface area contributed by atoms with Crippen LogP contribution in [0.4, 0.5) is 5.69 Å². The number of ether oxygens (including phenoxy) is 1. The van der Waals surface area contributed by atoms with Gasteiger partial charge in [0.2, 0.25) is 5.78 Å². The molecule has 1 aliphatic heterocycles. The maximum absolute atomic E-state index is 12.5. The number of anilines is 1. The number of ketones is 1. The van der Waals surface area contributed by atoms with Crippen molar-refractivity contribution in [2.45, 2.75) is 6.92 Å². The number of esters is 1. The average Bonchev–Trinajstić information content (AvgIpc) is 3.00. The summed E-state index contributed by atoms with van der Waals surface area (Å²) in [4.78, 5) is 29.4. The van der Waals surface area contributed by atoms with Crippen LogP contribution in [0.1, 0.15) is 17.3 Å². The van der Waals surface area contributed by atoms with Gasteiger partial charge < -0.3 is 9.57 Å². The Bertz CT molecular complexity index is 888. The number of hydrazine groups is 1. The molecule has 1 aromatic carbocycles. The molecule has 2 N–H and O–H groups in total. The highest BCUT2D eigenvalue weighted by atomic mass is 79.9. The highest BCUT2D eigenvalue weighted by Gasteiger charge is 2.33. The number of halogens is 2. The minimum atomic E-state index is -0.417. The van der Waals surface area contributed by atoms with Crippen LogP contribution in [0.2, 0.25) is 0 Å². The minimum absolute atomic E-state index is 0.193. The third kappa shape index (κ3) is 3.50. The zero-order valence-electron chi connectivity index (χ0n) is 13.5. The quantitative estimate of drug-likeness (QED) is 0.506. The van der Waals surface area contributed by atoms with Gasteiger partial charge >= 0.3 is 5.97 Å². The first-order valence-corrected chi connectivity index (χ1v) is 9.13. The molecule has 0 unspecified atom stereocenters. The Kier molecular flexibility index (Phi) is 5.40. The number of benzene rings is 1. The molecular weight excluding hydrogens is 470 g/mol. The molecule has 0 amide bonds. The molecule has 9 heteroatoms. The SMILES string of the molecule is CCOC(=O)c1ccc(N2NOC(=N)C2=C2C=C(Br)C=C(Br)C2=O)cc1. The first-order valence-electron chi connectivity index (χ1n) is 7.54. The van der Waals surface area contributed by atoms with Crippen LogP contribution in [0.15, 0.2) is 56.7 Å². The van der Waals surface area contributed by atoms with Gasteiger partial charge in [-0.2, -0.15) is 0 Å². The lowest BCUT2D eigenvalue weighted by atomic mass is 10.0. The molecule has 2 aliphatic rings. The molecule has 0 radical (unpaired) electrons. The Labute approximate surface area is 166 Å². The molecule has 0 spiro atoms. The molecule has 1 aliphatic carbocycles. The summed E-state index contributed by atoms with van der Waals surface area (Å²) in [7, 11) is 0. The molecule has 3 rings (SSSR count). The molecule has 0 atom stereocenters. The van der Waals surface area contributed by atoms with Crippen LogP contribution >= 0.6 is 31.9 Å². The Balaban J connectivity index is 1.99. The standard InChI is InChI=1S/C17H13Br2N3O4/c1-2-25-17(24)9-3-5-11(6-4-9)22-14(16(20)26-21-22)12-7-10(18)8-13(19)15(12)23/h3-8,20-21H,2H2,1H3. The number of hydrogen-bond acceptors (Lipinski definition) is 7. The Morgan fingerprint density at radius 1 is 1.27 bits per heavy atom. The summed E-state index contributed by atoms with van der Waals surface area (Å²) in [6, 6.07) is 6.53. The third-order valence-electron chi connectivity index (χ3n) is 3.58. The topological polar surface area (TPSA) is 91.7 Å². The zero-order chi connectivity index (χ0) is 18.8. The van der Waals surface area contributed by atoms with E-state index in [1.54, 1.807) is 43.3 Å². The number of rotatable bonds is 3. The maximum atomic E-state index is 12.5.